The molecule has 2 amide bonds. The molecule has 0 saturated carbocycles. The maximum absolute atomic E-state index is 12.8. The fourth-order valence-electron chi connectivity index (χ4n) is 2.71. The molecule has 1 aliphatic carbocycles. The summed E-state index contributed by atoms with van der Waals surface area (Å²) in [6, 6.07) is 6.76. The molecule has 0 bridgehead atoms. The van der Waals surface area contributed by atoms with Crippen molar-refractivity contribution in [2.75, 3.05) is 4.90 Å². The van der Waals surface area contributed by atoms with Crippen molar-refractivity contribution in [3.05, 3.63) is 53.1 Å². The van der Waals surface area contributed by atoms with Crippen LogP contribution in [-0.2, 0) is 9.59 Å². The van der Waals surface area contributed by atoms with E-state index < -0.39 is 11.8 Å². The molecule has 0 radical (unpaired) electrons. The lowest BCUT2D eigenvalue weighted by molar-refractivity contribution is -0.122. The summed E-state index contributed by atoms with van der Waals surface area (Å²) >= 11 is 11.0. The topological polar surface area (TPSA) is 49.4 Å². The number of carbonyl (C=O) groups is 2. The average molecular weight is 347 g/mol. The van der Waals surface area contributed by atoms with Gasteiger partial charge in [-0.3, -0.25) is 19.8 Å². The Morgan fingerprint density at radius 2 is 1.96 bits per heavy atom. The van der Waals surface area contributed by atoms with E-state index >= 15 is 0 Å². The van der Waals surface area contributed by atoms with Crippen molar-refractivity contribution >= 4 is 46.4 Å². The fraction of sp³-hybridized carbons (Fsp3) is 0.235. The minimum Gasteiger partial charge on any atom is -0.298 e. The van der Waals surface area contributed by atoms with Gasteiger partial charge < -0.3 is 0 Å². The molecule has 1 heterocycles. The van der Waals surface area contributed by atoms with Crippen molar-refractivity contribution in [1.29, 1.82) is 0 Å². The highest BCUT2D eigenvalue weighted by molar-refractivity contribution is 7.80. The largest absolute Gasteiger partial charge is 0.298 e. The first-order valence-corrected chi connectivity index (χ1v) is 8.17. The first-order valence-electron chi connectivity index (χ1n) is 7.38. The number of nitrogens with one attached hydrogen (secondary N) is 1. The molecule has 1 aliphatic heterocycles. The second kappa shape index (κ2) is 6.64. The maximum atomic E-state index is 12.8. The summed E-state index contributed by atoms with van der Waals surface area (Å²) in [4.78, 5) is 26.3. The second-order valence-electron chi connectivity index (χ2n) is 5.50. The van der Waals surface area contributed by atoms with Gasteiger partial charge in [0.15, 0.2) is 5.11 Å². The van der Waals surface area contributed by atoms with Crippen LogP contribution in [0.15, 0.2) is 48.1 Å². The van der Waals surface area contributed by atoms with E-state index in [4.69, 9.17) is 23.8 Å². The van der Waals surface area contributed by atoms with Crippen molar-refractivity contribution in [1.82, 2.24) is 5.32 Å². The van der Waals surface area contributed by atoms with Gasteiger partial charge in [-0.15, -0.1) is 0 Å². The predicted octanol–water partition coefficient (Wildman–Crippen LogP) is 3.37. The van der Waals surface area contributed by atoms with Gasteiger partial charge in [-0.2, -0.15) is 0 Å². The lowest BCUT2D eigenvalue weighted by Gasteiger charge is -2.29. The molecular weight excluding hydrogens is 332 g/mol. The average Bonchev–Trinajstić information content (AvgIpc) is 2.54. The Kier molecular flexibility index (Phi) is 4.59. The number of benzene rings is 1. The summed E-state index contributed by atoms with van der Waals surface area (Å²) in [5, 5.41) is 3.24. The van der Waals surface area contributed by atoms with Crippen molar-refractivity contribution in [3.8, 4) is 0 Å². The number of anilines is 1. The van der Waals surface area contributed by atoms with Crippen LogP contribution in [0.4, 0.5) is 5.69 Å². The fourth-order valence-corrected chi connectivity index (χ4v) is 3.11. The first-order chi connectivity index (χ1) is 11.1. The summed E-state index contributed by atoms with van der Waals surface area (Å²) in [6.07, 6.45) is 8.71. The Bertz CT molecular complexity index is 725. The van der Waals surface area contributed by atoms with Crippen molar-refractivity contribution in [2.24, 2.45) is 5.92 Å². The quantitative estimate of drug-likeness (QED) is 0.386. The highest BCUT2D eigenvalue weighted by Gasteiger charge is 2.34. The van der Waals surface area contributed by atoms with E-state index in [9.17, 15) is 9.59 Å². The van der Waals surface area contributed by atoms with Crippen LogP contribution in [-0.4, -0.2) is 16.9 Å². The second-order valence-corrected chi connectivity index (χ2v) is 6.32. The number of allylic oxidation sites excluding steroid dienone is 3. The van der Waals surface area contributed by atoms with E-state index in [1.165, 1.54) is 4.90 Å². The third kappa shape index (κ3) is 3.35. The molecule has 1 fully saturated rings. The van der Waals surface area contributed by atoms with Crippen LogP contribution < -0.4 is 10.2 Å². The van der Waals surface area contributed by atoms with Gasteiger partial charge in [0.25, 0.3) is 11.8 Å². The standard InChI is InChI=1S/C17H15ClN2O2S/c18-12-6-8-13(9-7-12)20-16(22)14(15(21)19-17(20)23)10-11-4-2-1-3-5-11/h1-2,6-11H,3-5H2,(H,19,21,23)/b14-10-. The predicted molar refractivity (Wildman–Crippen MR) is 94.2 cm³/mol. The third-order valence-corrected chi connectivity index (χ3v) is 4.44. The van der Waals surface area contributed by atoms with Crippen LogP contribution in [0.1, 0.15) is 19.3 Å². The number of amides is 2. The lowest BCUT2D eigenvalue weighted by atomic mass is 9.91. The molecule has 1 N–H and O–H groups in total. The number of carbonyl (C=O) groups excluding carboxylic acids is 2. The minimum atomic E-state index is -0.431. The Hall–Kier alpha value is -1.98. The molecule has 1 atom stereocenters. The Labute approximate surface area is 144 Å². The molecule has 3 rings (SSSR count). The molecular formula is C17H15ClN2O2S. The van der Waals surface area contributed by atoms with Crippen LogP contribution >= 0.6 is 23.8 Å². The molecule has 0 spiro atoms. The van der Waals surface area contributed by atoms with E-state index in [1.54, 1.807) is 30.3 Å². The lowest BCUT2D eigenvalue weighted by Crippen LogP contribution is -2.54. The van der Waals surface area contributed by atoms with Crippen LogP contribution in [0.25, 0.3) is 0 Å². The van der Waals surface area contributed by atoms with E-state index in [0.29, 0.717) is 10.7 Å². The normalized spacial score (nSPS) is 23.3. The molecule has 1 saturated heterocycles. The summed E-state index contributed by atoms with van der Waals surface area (Å²) < 4.78 is 0. The molecule has 23 heavy (non-hydrogen) atoms. The first kappa shape index (κ1) is 15.9. The molecule has 0 aromatic heterocycles. The van der Waals surface area contributed by atoms with Gasteiger partial charge in [-0.05, 0) is 61.7 Å². The molecule has 2 aliphatic rings. The molecule has 1 unspecified atom stereocenters. The van der Waals surface area contributed by atoms with E-state index in [1.807, 2.05) is 0 Å². The van der Waals surface area contributed by atoms with Crippen molar-refractivity contribution in [2.45, 2.75) is 19.3 Å². The summed E-state index contributed by atoms with van der Waals surface area (Å²) in [5.74, 6) is -0.626. The zero-order valence-corrected chi connectivity index (χ0v) is 13.9. The summed E-state index contributed by atoms with van der Waals surface area (Å²) in [7, 11) is 0. The van der Waals surface area contributed by atoms with Crippen molar-refractivity contribution < 1.29 is 9.59 Å². The zero-order chi connectivity index (χ0) is 16.4. The smallest absolute Gasteiger partial charge is 0.269 e. The van der Waals surface area contributed by atoms with Gasteiger partial charge in [0, 0.05) is 5.02 Å². The minimum absolute atomic E-state index is 0.0861. The third-order valence-electron chi connectivity index (χ3n) is 3.90. The van der Waals surface area contributed by atoms with E-state index in [-0.39, 0.29) is 16.6 Å². The van der Waals surface area contributed by atoms with E-state index in [0.717, 1.165) is 19.3 Å². The van der Waals surface area contributed by atoms with E-state index in [2.05, 4.69) is 17.5 Å². The Balaban J connectivity index is 1.92. The number of hydrogen-bond acceptors (Lipinski definition) is 3. The summed E-state index contributed by atoms with van der Waals surface area (Å²) in [6.45, 7) is 0. The number of nitrogens with zero attached hydrogens (tertiary/aromatic N) is 1. The number of rotatable bonds is 2. The van der Waals surface area contributed by atoms with Gasteiger partial charge in [0.2, 0.25) is 0 Å². The Morgan fingerprint density at radius 1 is 1.22 bits per heavy atom. The maximum Gasteiger partial charge on any atom is 0.269 e. The zero-order valence-electron chi connectivity index (χ0n) is 12.3. The number of hydrogen-bond donors (Lipinski definition) is 1. The highest BCUT2D eigenvalue weighted by Crippen LogP contribution is 2.26. The van der Waals surface area contributed by atoms with Crippen LogP contribution in [0.5, 0.6) is 0 Å². The molecule has 4 nitrogen and oxygen atoms in total. The van der Waals surface area contributed by atoms with Gasteiger partial charge in [-0.1, -0.05) is 29.8 Å². The van der Waals surface area contributed by atoms with Crippen LogP contribution in [0.3, 0.4) is 0 Å². The SMILES string of the molecule is O=C1NC(=S)N(c2ccc(Cl)cc2)C(=O)/C1=C\C1CC=CCC1. The van der Waals surface area contributed by atoms with Gasteiger partial charge in [0.05, 0.1) is 5.69 Å². The van der Waals surface area contributed by atoms with Gasteiger partial charge >= 0.3 is 0 Å². The molecule has 1 aromatic carbocycles. The monoisotopic (exact) mass is 346 g/mol. The van der Waals surface area contributed by atoms with Gasteiger partial charge in [0.1, 0.15) is 5.57 Å². The highest BCUT2D eigenvalue weighted by atomic mass is 35.5. The molecule has 6 heteroatoms. The van der Waals surface area contributed by atoms with Gasteiger partial charge in [-0.25, -0.2) is 0 Å². The molecule has 118 valence electrons. The Morgan fingerprint density at radius 3 is 2.61 bits per heavy atom. The van der Waals surface area contributed by atoms with Crippen LogP contribution in [0.2, 0.25) is 5.02 Å². The molecule has 1 aromatic rings. The number of halogens is 1. The summed E-state index contributed by atoms with van der Waals surface area (Å²) in [5.41, 5.74) is 0.729. The van der Waals surface area contributed by atoms with Crippen LogP contribution in [0, 0.1) is 5.92 Å². The van der Waals surface area contributed by atoms with Crippen molar-refractivity contribution in [3.63, 3.8) is 0 Å². The number of thiocarbonyl (C=S) groups is 1.